The van der Waals surface area contributed by atoms with Gasteiger partial charge in [-0.3, -0.25) is 0 Å². The second kappa shape index (κ2) is 8.51. The third-order valence-electron chi connectivity index (χ3n) is 3.90. The lowest BCUT2D eigenvalue weighted by Crippen LogP contribution is -2.13. The zero-order valence-electron chi connectivity index (χ0n) is 14.5. The van der Waals surface area contributed by atoms with Crippen molar-refractivity contribution in [1.29, 1.82) is 0 Å². The lowest BCUT2D eigenvalue weighted by Gasteiger charge is -2.20. The Morgan fingerprint density at radius 3 is 2.38 bits per heavy atom. The number of aliphatic hydroxyl groups excluding tert-OH is 1. The van der Waals surface area contributed by atoms with Gasteiger partial charge in [-0.1, -0.05) is 13.0 Å². The van der Waals surface area contributed by atoms with Gasteiger partial charge in [0.2, 0.25) is 0 Å². The molecule has 0 heterocycles. The smallest absolute Gasteiger partial charge is 0.416 e. The van der Waals surface area contributed by atoms with E-state index >= 15 is 0 Å². The van der Waals surface area contributed by atoms with E-state index < -0.39 is 17.6 Å². The van der Waals surface area contributed by atoms with Crippen molar-refractivity contribution in [1.82, 2.24) is 0 Å². The molecule has 0 unspecified atom stereocenters. The normalized spacial score (nSPS) is 11.7. The Morgan fingerprint density at radius 1 is 1.08 bits per heavy atom. The fourth-order valence-corrected chi connectivity index (χ4v) is 2.76. The maximum Gasteiger partial charge on any atom is 0.416 e. The van der Waals surface area contributed by atoms with Gasteiger partial charge in [0.15, 0.2) is 0 Å². The molecule has 0 saturated carbocycles. The minimum Gasteiger partial charge on any atom is -0.490 e. The molecule has 0 bridgehead atoms. The average Bonchev–Trinajstić information content (AvgIpc) is 2.59. The van der Waals surface area contributed by atoms with Gasteiger partial charge in [-0.15, -0.1) is 0 Å². The number of methoxy groups -OCH3 is 1. The topological polar surface area (TPSA) is 38.7 Å². The predicted octanol–water partition coefficient (Wildman–Crippen LogP) is 4.59. The van der Waals surface area contributed by atoms with Gasteiger partial charge in [0.05, 0.1) is 18.8 Å². The Labute approximate surface area is 149 Å². The molecule has 0 atom stereocenters. The molecule has 0 aromatic heterocycles. The van der Waals surface area contributed by atoms with Gasteiger partial charge >= 0.3 is 6.18 Å². The summed E-state index contributed by atoms with van der Waals surface area (Å²) in [6, 6.07) is 6.12. The molecule has 1 N–H and O–H groups in total. The van der Waals surface area contributed by atoms with Crippen LogP contribution in [-0.4, -0.2) is 25.4 Å². The van der Waals surface area contributed by atoms with Crippen LogP contribution in [0.2, 0.25) is 0 Å². The van der Waals surface area contributed by atoms with E-state index in [-0.39, 0.29) is 37.6 Å². The summed E-state index contributed by atoms with van der Waals surface area (Å²) in [6.07, 6.45) is -4.44. The third-order valence-corrected chi connectivity index (χ3v) is 3.90. The molecule has 0 aliphatic heterocycles. The van der Waals surface area contributed by atoms with Crippen LogP contribution < -0.4 is 4.74 Å². The van der Waals surface area contributed by atoms with Crippen LogP contribution >= 0.6 is 0 Å². The van der Waals surface area contributed by atoms with Gasteiger partial charge in [-0.05, 0) is 41.8 Å². The molecule has 0 amide bonds. The van der Waals surface area contributed by atoms with Crippen molar-refractivity contribution in [3.05, 3.63) is 52.8 Å². The quantitative estimate of drug-likeness (QED) is 0.571. The fraction of sp³-hybridized carbons (Fsp3) is 0.368. The summed E-state index contributed by atoms with van der Waals surface area (Å²) in [4.78, 5) is 0. The molecule has 0 aliphatic rings. The van der Waals surface area contributed by atoms with Crippen molar-refractivity contribution in [2.45, 2.75) is 26.1 Å². The zero-order valence-corrected chi connectivity index (χ0v) is 14.5. The summed E-state index contributed by atoms with van der Waals surface area (Å²) in [7, 11) is 1.46. The molecule has 142 valence electrons. The average molecular weight is 372 g/mol. The highest BCUT2D eigenvalue weighted by molar-refractivity contribution is 5.74. The van der Waals surface area contributed by atoms with Crippen molar-refractivity contribution >= 4 is 0 Å². The molecule has 7 heteroatoms. The van der Waals surface area contributed by atoms with Crippen LogP contribution in [0.15, 0.2) is 30.3 Å². The number of hydrogen-bond donors (Lipinski definition) is 1. The number of aliphatic hydroxyl groups is 1. The van der Waals surface area contributed by atoms with Crippen molar-refractivity contribution in [3.8, 4) is 16.9 Å². The molecular formula is C19H20F4O3. The van der Waals surface area contributed by atoms with E-state index in [2.05, 4.69) is 0 Å². The fourth-order valence-electron chi connectivity index (χ4n) is 2.76. The van der Waals surface area contributed by atoms with E-state index in [1.165, 1.54) is 31.4 Å². The first-order valence-electron chi connectivity index (χ1n) is 8.07. The molecule has 26 heavy (non-hydrogen) atoms. The van der Waals surface area contributed by atoms with E-state index in [1.807, 2.05) is 0 Å². The van der Waals surface area contributed by atoms with Gasteiger partial charge in [0, 0.05) is 18.2 Å². The first kappa shape index (κ1) is 20.2. The summed E-state index contributed by atoms with van der Waals surface area (Å²) in [5.74, 6) is -0.541. The first-order chi connectivity index (χ1) is 12.3. The monoisotopic (exact) mass is 372 g/mol. The number of rotatable bonds is 7. The summed E-state index contributed by atoms with van der Waals surface area (Å²) in [5, 5.41) is 9.26. The van der Waals surface area contributed by atoms with Crippen LogP contribution in [0, 0.1) is 5.82 Å². The second-order valence-electron chi connectivity index (χ2n) is 5.67. The van der Waals surface area contributed by atoms with Crippen LogP contribution in [0.4, 0.5) is 17.6 Å². The van der Waals surface area contributed by atoms with Crippen LogP contribution in [-0.2, 0) is 23.9 Å². The largest absolute Gasteiger partial charge is 0.490 e. The molecule has 2 aromatic rings. The van der Waals surface area contributed by atoms with Crippen molar-refractivity contribution in [2.24, 2.45) is 0 Å². The Hall–Kier alpha value is -2.12. The van der Waals surface area contributed by atoms with Crippen LogP contribution in [0.1, 0.15) is 23.6 Å². The highest BCUT2D eigenvalue weighted by Gasteiger charge is 2.35. The Balaban J connectivity index is 2.66. The van der Waals surface area contributed by atoms with Crippen LogP contribution in [0.25, 0.3) is 11.1 Å². The lowest BCUT2D eigenvalue weighted by molar-refractivity contribution is -0.138. The number of ether oxygens (including phenoxy) is 2. The Kier molecular flexibility index (Phi) is 6.61. The van der Waals surface area contributed by atoms with E-state index in [9.17, 15) is 22.7 Å². The molecule has 0 spiro atoms. The minimum atomic E-state index is -4.53. The molecule has 0 saturated heterocycles. The van der Waals surface area contributed by atoms with Crippen molar-refractivity contribution < 1.29 is 32.1 Å². The number of benzene rings is 2. The Morgan fingerprint density at radius 2 is 1.81 bits per heavy atom. The van der Waals surface area contributed by atoms with Gasteiger partial charge in [0.1, 0.15) is 18.2 Å². The number of halogens is 4. The summed E-state index contributed by atoms with van der Waals surface area (Å²) in [5.41, 5.74) is 0.210. The maximum absolute atomic E-state index is 13.8. The molecule has 0 fully saturated rings. The second-order valence-corrected chi connectivity index (χ2v) is 5.67. The first-order valence-corrected chi connectivity index (χ1v) is 8.07. The standard InChI is InChI=1S/C19H20F4O3/c1-3-15-17(19(21,22)23)5-4-16(18(15)26-7-6-25-2)13-8-12(11-24)9-14(20)10-13/h4-5,8-10,24H,3,6-7,11H2,1-2H3. The van der Waals surface area contributed by atoms with Gasteiger partial charge < -0.3 is 14.6 Å². The zero-order chi connectivity index (χ0) is 19.3. The maximum atomic E-state index is 13.8. The van der Waals surface area contributed by atoms with Crippen LogP contribution in [0.5, 0.6) is 5.75 Å². The Bertz CT molecular complexity index is 757. The summed E-state index contributed by atoms with van der Waals surface area (Å²) >= 11 is 0. The number of alkyl halides is 3. The van der Waals surface area contributed by atoms with E-state index in [0.717, 1.165) is 6.07 Å². The van der Waals surface area contributed by atoms with Crippen molar-refractivity contribution in [3.63, 3.8) is 0 Å². The summed E-state index contributed by atoms with van der Waals surface area (Å²) < 4.78 is 64.4. The molecular weight excluding hydrogens is 352 g/mol. The predicted molar refractivity (Wildman–Crippen MR) is 89.5 cm³/mol. The van der Waals surface area contributed by atoms with Crippen molar-refractivity contribution in [2.75, 3.05) is 20.3 Å². The highest BCUT2D eigenvalue weighted by atomic mass is 19.4. The molecule has 0 aliphatic carbocycles. The van der Waals surface area contributed by atoms with Gasteiger partial charge in [-0.2, -0.15) is 13.2 Å². The molecule has 0 radical (unpaired) electrons. The minimum absolute atomic E-state index is 0.000845. The van der Waals surface area contributed by atoms with Crippen LogP contribution in [0.3, 0.4) is 0 Å². The molecule has 2 rings (SSSR count). The van der Waals surface area contributed by atoms with Gasteiger partial charge in [-0.25, -0.2) is 4.39 Å². The SMILES string of the molecule is CCc1c(C(F)(F)F)ccc(-c2cc(F)cc(CO)c2)c1OCCOC. The molecule has 2 aromatic carbocycles. The van der Waals surface area contributed by atoms with Gasteiger partial charge in [0.25, 0.3) is 0 Å². The lowest BCUT2D eigenvalue weighted by atomic mass is 9.94. The van der Waals surface area contributed by atoms with E-state index in [4.69, 9.17) is 9.47 Å². The molecule has 3 nitrogen and oxygen atoms in total. The number of hydrogen-bond acceptors (Lipinski definition) is 3. The van der Waals surface area contributed by atoms with E-state index in [1.54, 1.807) is 6.92 Å². The highest BCUT2D eigenvalue weighted by Crippen LogP contribution is 2.42. The van der Waals surface area contributed by atoms with E-state index in [0.29, 0.717) is 16.7 Å². The third kappa shape index (κ3) is 4.53. The summed E-state index contributed by atoms with van der Waals surface area (Å²) in [6.45, 7) is 1.47.